The Morgan fingerprint density at radius 2 is 1.75 bits per heavy atom. The summed E-state index contributed by atoms with van der Waals surface area (Å²) < 4.78 is 81.6. The number of rotatable bonds is 2. The third-order valence-electron chi connectivity index (χ3n) is 6.50. The zero-order valence-corrected chi connectivity index (χ0v) is 16.7. The maximum absolute atomic E-state index is 14.2. The molecule has 0 unspecified atom stereocenters. The maximum Gasteiger partial charge on any atom is 0.433 e. The molecule has 5 rings (SSSR count). The molecule has 3 atom stereocenters. The average Bonchev–Trinajstić information content (AvgIpc) is 3.28. The summed E-state index contributed by atoms with van der Waals surface area (Å²) in [6, 6.07) is 1.84. The van der Waals surface area contributed by atoms with Gasteiger partial charge in [-0.2, -0.15) is 18.3 Å². The highest BCUT2D eigenvalue weighted by molar-refractivity contribution is 5.52. The molecule has 32 heavy (non-hydrogen) atoms. The first kappa shape index (κ1) is 21.2. The van der Waals surface area contributed by atoms with Crippen molar-refractivity contribution in [1.29, 1.82) is 0 Å². The highest BCUT2D eigenvalue weighted by Crippen LogP contribution is 2.39. The Balaban J connectivity index is 1.33. The van der Waals surface area contributed by atoms with Crippen LogP contribution in [0.1, 0.15) is 47.7 Å². The Labute approximate surface area is 178 Å². The van der Waals surface area contributed by atoms with Crippen LogP contribution in [0.4, 0.5) is 26.3 Å². The summed E-state index contributed by atoms with van der Waals surface area (Å²) in [5, 5.41) is 4.36. The number of fused-ring (bicyclic) bond motifs is 3. The number of nitrogens with zero attached hydrogens (tertiary/aromatic N) is 4. The first-order valence-corrected chi connectivity index (χ1v) is 10.2. The fraction of sp³-hybridized carbons (Fsp3) is 0.429. The standard InChI is InChI=1S/C21H19F6N5/c22-14-7-16(24)15(23)6-12(14)11-2-1-10(5-17(11)28)31-8-13-18(9-31)30-32-4-3-19(21(25,26)27)29-20(13)32/h3-4,6-7,10-11,17H,1-2,5,8-9,28H2/t10-,11+,17-/m0/s1. The van der Waals surface area contributed by atoms with Crippen molar-refractivity contribution in [3.05, 3.63) is 64.4 Å². The lowest BCUT2D eigenvalue weighted by Crippen LogP contribution is -2.44. The molecule has 0 spiro atoms. The predicted molar refractivity (Wildman–Crippen MR) is 102 cm³/mol. The molecule has 1 aliphatic heterocycles. The van der Waals surface area contributed by atoms with Crippen LogP contribution in [0.25, 0.3) is 5.65 Å². The van der Waals surface area contributed by atoms with Crippen molar-refractivity contribution in [2.75, 3.05) is 0 Å². The Morgan fingerprint density at radius 3 is 2.47 bits per heavy atom. The SMILES string of the molecule is N[C@H]1C[C@@H](N2Cc3nn4ccc(C(F)(F)F)nc4c3C2)CC[C@@H]1c1cc(F)c(F)cc1F. The smallest absolute Gasteiger partial charge is 0.327 e. The monoisotopic (exact) mass is 455 g/mol. The van der Waals surface area contributed by atoms with Crippen LogP contribution in [0.3, 0.4) is 0 Å². The number of aromatic nitrogens is 3. The van der Waals surface area contributed by atoms with Crippen molar-refractivity contribution < 1.29 is 26.3 Å². The molecule has 2 aromatic heterocycles. The van der Waals surface area contributed by atoms with Crippen LogP contribution in [-0.2, 0) is 19.3 Å². The molecular weight excluding hydrogens is 436 g/mol. The second-order valence-corrected chi connectivity index (χ2v) is 8.43. The van der Waals surface area contributed by atoms with Gasteiger partial charge in [-0.25, -0.2) is 22.7 Å². The molecule has 3 heterocycles. The van der Waals surface area contributed by atoms with Crippen molar-refractivity contribution in [3.8, 4) is 0 Å². The zero-order valence-electron chi connectivity index (χ0n) is 16.7. The van der Waals surface area contributed by atoms with Gasteiger partial charge in [-0.05, 0) is 37.0 Å². The lowest BCUT2D eigenvalue weighted by atomic mass is 9.77. The first-order valence-electron chi connectivity index (χ1n) is 10.2. The number of hydrogen-bond acceptors (Lipinski definition) is 4. The summed E-state index contributed by atoms with van der Waals surface area (Å²) in [6.45, 7) is 0.830. The average molecular weight is 455 g/mol. The molecule has 1 aromatic carbocycles. The summed E-state index contributed by atoms with van der Waals surface area (Å²) in [4.78, 5) is 5.85. The second-order valence-electron chi connectivity index (χ2n) is 8.43. The van der Waals surface area contributed by atoms with E-state index in [2.05, 4.69) is 15.0 Å². The Morgan fingerprint density at radius 1 is 1.00 bits per heavy atom. The van der Waals surface area contributed by atoms with E-state index < -0.39 is 41.3 Å². The molecule has 11 heteroatoms. The third-order valence-corrected chi connectivity index (χ3v) is 6.50. The van der Waals surface area contributed by atoms with E-state index in [4.69, 9.17) is 5.73 Å². The second kappa shape index (κ2) is 7.45. The van der Waals surface area contributed by atoms with Gasteiger partial charge in [0.1, 0.15) is 11.5 Å². The van der Waals surface area contributed by atoms with Gasteiger partial charge >= 0.3 is 6.18 Å². The minimum atomic E-state index is -4.54. The third kappa shape index (κ3) is 3.53. The molecule has 0 radical (unpaired) electrons. The number of hydrogen-bond donors (Lipinski definition) is 1. The predicted octanol–water partition coefficient (Wildman–Crippen LogP) is 4.14. The minimum Gasteiger partial charge on any atom is -0.327 e. The van der Waals surface area contributed by atoms with Gasteiger partial charge in [-0.1, -0.05) is 0 Å². The van der Waals surface area contributed by atoms with Crippen LogP contribution < -0.4 is 5.73 Å². The fourth-order valence-electron chi connectivity index (χ4n) is 4.90. The summed E-state index contributed by atoms with van der Waals surface area (Å²) >= 11 is 0. The van der Waals surface area contributed by atoms with E-state index in [1.54, 1.807) is 0 Å². The van der Waals surface area contributed by atoms with Crippen molar-refractivity contribution in [3.63, 3.8) is 0 Å². The highest BCUT2D eigenvalue weighted by atomic mass is 19.4. The molecule has 5 nitrogen and oxygen atoms in total. The largest absolute Gasteiger partial charge is 0.433 e. The first-order chi connectivity index (χ1) is 15.1. The Bertz CT molecular complexity index is 1190. The van der Waals surface area contributed by atoms with Gasteiger partial charge in [-0.15, -0.1) is 0 Å². The van der Waals surface area contributed by atoms with Gasteiger partial charge in [0, 0.05) is 48.9 Å². The molecular formula is C21H19F6N5. The lowest BCUT2D eigenvalue weighted by molar-refractivity contribution is -0.141. The van der Waals surface area contributed by atoms with E-state index in [1.165, 1.54) is 10.7 Å². The van der Waals surface area contributed by atoms with Crippen LogP contribution in [0, 0.1) is 17.5 Å². The van der Waals surface area contributed by atoms with Gasteiger partial charge < -0.3 is 5.73 Å². The Hall–Kier alpha value is -2.66. The van der Waals surface area contributed by atoms with Crippen LogP contribution >= 0.6 is 0 Å². The fourth-order valence-corrected chi connectivity index (χ4v) is 4.90. The van der Waals surface area contributed by atoms with Crippen molar-refractivity contribution in [1.82, 2.24) is 19.5 Å². The van der Waals surface area contributed by atoms with Crippen molar-refractivity contribution in [2.24, 2.45) is 5.73 Å². The van der Waals surface area contributed by atoms with E-state index in [-0.39, 0.29) is 17.3 Å². The van der Waals surface area contributed by atoms with Gasteiger partial charge in [-0.3, -0.25) is 4.90 Å². The highest BCUT2D eigenvalue weighted by Gasteiger charge is 2.38. The van der Waals surface area contributed by atoms with Crippen LogP contribution in [-0.4, -0.2) is 31.6 Å². The number of nitrogens with two attached hydrogens (primary N) is 1. The van der Waals surface area contributed by atoms with Gasteiger partial charge in [0.25, 0.3) is 0 Å². The number of halogens is 6. The van der Waals surface area contributed by atoms with E-state index in [0.29, 0.717) is 49.7 Å². The van der Waals surface area contributed by atoms with E-state index >= 15 is 0 Å². The molecule has 0 amide bonds. The molecule has 0 bridgehead atoms. The quantitative estimate of drug-likeness (QED) is 0.466. The normalized spacial score (nSPS) is 24.3. The molecule has 2 N–H and O–H groups in total. The summed E-state index contributed by atoms with van der Waals surface area (Å²) in [5.74, 6) is -3.61. The van der Waals surface area contributed by atoms with E-state index in [0.717, 1.165) is 12.1 Å². The summed E-state index contributed by atoms with van der Waals surface area (Å²) in [5.41, 5.74) is 6.90. The maximum atomic E-state index is 14.2. The van der Waals surface area contributed by atoms with Crippen molar-refractivity contribution in [2.45, 2.75) is 56.5 Å². The number of benzene rings is 1. The molecule has 2 aliphatic rings. The molecule has 0 saturated heterocycles. The summed E-state index contributed by atoms with van der Waals surface area (Å²) in [7, 11) is 0. The van der Waals surface area contributed by atoms with Gasteiger partial charge in [0.05, 0.1) is 5.69 Å². The lowest BCUT2D eigenvalue weighted by Gasteiger charge is -2.38. The van der Waals surface area contributed by atoms with Crippen LogP contribution in [0.2, 0.25) is 0 Å². The molecule has 3 aromatic rings. The molecule has 1 fully saturated rings. The molecule has 170 valence electrons. The Kier molecular flexibility index (Phi) is 4.93. The minimum absolute atomic E-state index is 0.00894. The van der Waals surface area contributed by atoms with Crippen LogP contribution in [0.15, 0.2) is 24.4 Å². The van der Waals surface area contributed by atoms with Gasteiger partial charge in [0.2, 0.25) is 0 Å². The van der Waals surface area contributed by atoms with E-state index in [9.17, 15) is 26.3 Å². The molecule has 1 aliphatic carbocycles. The van der Waals surface area contributed by atoms with Gasteiger partial charge in [0.15, 0.2) is 17.3 Å². The summed E-state index contributed by atoms with van der Waals surface area (Å²) in [6.07, 6.45) is -1.69. The topological polar surface area (TPSA) is 59.5 Å². The van der Waals surface area contributed by atoms with Crippen LogP contribution in [0.5, 0.6) is 0 Å². The zero-order chi connectivity index (χ0) is 22.8. The number of alkyl halides is 3. The molecule has 1 saturated carbocycles. The van der Waals surface area contributed by atoms with E-state index in [1.807, 2.05) is 0 Å². The van der Waals surface area contributed by atoms with Crippen molar-refractivity contribution >= 4 is 5.65 Å².